The number of hydrogen-bond donors (Lipinski definition) is 2. The second-order valence-electron chi connectivity index (χ2n) is 11.8. The number of carbonyl (C=O) groups excluding carboxylic acids is 1. The van der Waals surface area contributed by atoms with E-state index in [0.29, 0.717) is 28.7 Å². The zero-order valence-corrected chi connectivity index (χ0v) is 24.3. The molecular weight excluding hydrogens is 509 g/mol. The van der Waals surface area contributed by atoms with Gasteiger partial charge in [-0.1, -0.05) is 20.8 Å². The fraction of sp³-hybridized carbons (Fsp3) is 0.538. The van der Waals surface area contributed by atoms with E-state index in [2.05, 4.69) is 27.8 Å². The molecule has 1 aromatic heterocycles. The van der Waals surface area contributed by atoms with Crippen molar-refractivity contribution >= 4 is 36.2 Å². The van der Waals surface area contributed by atoms with Crippen LogP contribution in [0.3, 0.4) is 0 Å². The Bertz CT molecular complexity index is 1290. The van der Waals surface area contributed by atoms with E-state index in [1.807, 2.05) is 20.8 Å². The Morgan fingerprint density at radius 3 is 2.05 bits per heavy atom. The minimum atomic E-state index is -4.08. The molecule has 0 fully saturated rings. The number of rotatable bonds is 8. The summed E-state index contributed by atoms with van der Waals surface area (Å²) in [5.41, 5.74) is -0.185. The van der Waals surface area contributed by atoms with Crippen molar-refractivity contribution in [3.8, 4) is 12.1 Å². The van der Waals surface area contributed by atoms with Crippen molar-refractivity contribution < 1.29 is 27.7 Å². The average molecular weight is 546 g/mol. The second kappa shape index (κ2) is 11.7. The van der Waals surface area contributed by atoms with Gasteiger partial charge in [0.15, 0.2) is 0 Å². The predicted molar refractivity (Wildman–Crippen MR) is 144 cm³/mol. The molecule has 11 nitrogen and oxygen atoms in total. The zero-order valence-electron chi connectivity index (χ0n) is 23.4. The lowest BCUT2D eigenvalue weighted by Crippen LogP contribution is -2.25. The lowest BCUT2D eigenvalue weighted by Gasteiger charge is -2.30. The largest absolute Gasteiger partial charge is 0.478 e. The summed E-state index contributed by atoms with van der Waals surface area (Å²) in [6, 6.07) is 7.20. The van der Waals surface area contributed by atoms with Crippen LogP contribution in [0.2, 0.25) is 0 Å². The standard InChI is InChI=1S/C26H36N5O6P/c1-24(2,3)15-30-22-18(13-28)14-29-21-17(12-27)10-19(11-20(21)22)31-23(32)34-16-35-38(33,36-25(4,5)6)37-26(7,8)9/h10-11,14H,15-16H2,1-9H3,(H,29,30)(H,31,32). The van der Waals surface area contributed by atoms with Crippen LogP contribution >= 0.6 is 7.82 Å². The first-order chi connectivity index (χ1) is 17.3. The lowest BCUT2D eigenvalue weighted by molar-refractivity contribution is -0.0267. The van der Waals surface area contributed by atoms with Gasteiger partial charge in [0, 0.05) is 23.8 Å². The number of carbonyl (C=O) groups is 1. The van der Waals surface area contributed by atoms with Crippen LogP contribution < -0.4 is 10.6 Å². The maximum Gasteiger partial charge on any atom is 0.478 e. The Morgan fingerprint density at radius 2 is 1.55 bits per heavy atom. The number of phosphoric ester groups is 1. The molecule has 206 valence electrons. The van der Waals surface area contributed by atoms with Crippen LogP contribution in [0.1, 0.15) is 73.4 Å². The highest BCUT2D eigenvalue weighted by Crippen LogP contribution is 2.55. The van der Waals surface area contributed by atoms with Crippen LogP contribution in [-0.2, 0) is 22.9 Å². The summed E-state index contributed by atoms with van der Waals surface area (Å²) in [4.78, 5) is 16.8. The van der Waals surface area contributed by atoms with Crippen LogP contribution in [0.15, 0.2) is 18.3 Å². The average Bonchev–Trinajstić information content (AvgIpc) is 2.73. The summed E-state index contributed by atoms with van der Waals surface area (Å²) < 4.78 is 34.3. The number of hydrogen-bond acceptors (Lipinski definition) is 10. The van der Waals surface area contributed by atoms with Gasteiger partial charge in [-0.3, -0.25) is 19.3 Å². The van der Waals surface area contributed by atoms with Crippen molar-refractivity contribution in [1.82, 2.24) is 4.98 Å². The van der Waals surface area contributed by atoms with Gasteiger partial charge in [-0.05, 0) is 59.1 Å². The zero-order chi connectivity index (χ0) is 28.9. The normalized spacial score (nSPS) is 12.5. The van der Waals surface area contributed by atoms with Crippen LogP contribution in [0.25, 0.3) is 10.9 Å². The molecule has 0 saturated heterocycles. The van der Waals surface area contributed by atoms with Crippen molar-refractivity contribution in [3.63, 3.8) is 0 Å². The molecule has 0 unspecified atom stereocenters. The molecule has 0 spiro atoms. The number of nitrogens with zero attached hydrogens (tertiary/aromatic N) is 3. The van der Waals surface area contributed by atoms with Crippen molar-refractivity contribution in [3.05, 3.63) is 29.5 Å². The maximum absolute atomic E-state index is 13.1. The summed E-state index contributed by atoms with van der Waals surface area (Å²) in [5.74, 6) is 0. The number of phosphoric acid groups is 1. The first kappa shape index (κ1) is 31.0. The number of nitriles is 2. The van der Waals surface area contributed by atoms with Gasteiger partial charge in [-0.15, -0.1) is 0 Å². The van der Waals surface area contributed by atoms with E-state index in [-0.39, 0.29) is 16.7 Å². The molecule has 2 N–H and O–H groups in total. The fourth-order valence-corrected chi connectivity index (χ4v) is 4.80. The number of aromatic nitrogens is 1. The van der Waals surface area contributed by atoms with Crippen molar-refractivity contribution in [2.45, 2.75) is 73.5 Å². The van der Waals surface area contributed by atoms with E-state index >= 15 is 0 Å². The van der Waals surface area contributed by atoms with Gasteiger partial charge in [0.25, 0.3) is 0 Å². The summed E-state index contributed by atoms with van der Waals surface area (Å²) in [6.07, 6.45) is 0.477. The molecule has 1 aromatic carbocycles. The smallest absolute Gasteiger partial charge is 0.421 e. The molecule has 0 aliphatic heterocycles. The molecule has 38 heavy (non-hydrogen) atoms. The third-order valence-corrected chi connectivity index (χ3v) is 6.39. The van der Waals surface area contributed by atoms with Crippen molar-refractivity contribution in [1.29, 1.82) is 10.5 Å². The highest BCUT2D eigenvalue weighted by molar-refractivity contribution is 7.48. The Kier molecular flexibility index (Phi) is 9.53. The topological polar surface area (TPSA) is 156 Å². The Hall–Kier alpha value is -3.21. The van der Waals surface area contributed by atoms with Gasteiger partial charge in [-0.2, -0.15) is 10.5 Å². The van der Waals surface area contributed by atoms with Gasteiger partial charge in [0.1, 0.15) is 12.1 Å². The fourth-order valence-electron chi connectivity index (χ4n) is 3.13. The maximum atomic E-state index is 13.1. The molecule has 1 amide bonds. The van der Waals surface area contributed by atoms with Crippen LogP contribution in [0.5, 0.6) is 0 Å². The van der Waals surface area contributed by atoms with Crippen LogP contribution in [-0.4, -0.2) is 35.6 Å². The number of amides is 1. The first-order valence-electron chi connectivity index (χ1n) is 12.0. The molecule has 1 heterocycles. The molecule has 12 heteroatoms. The van der Waals surface area contributed by atoms with E-state index in [1.165, 1.54) is 12.3 Å². The van der Waals surface area contributed by atoms with Gasteiger partial charge in [-0.25, -0.2) is 13.9 Å². The Morgan fingerprint density at radius 1 is 0.974 bits per heavy atom. The summed E-state index contributed by atoms with van der Waals surface area (Å²) in [6.45, 7) is 16.1. The molecule has 0 aliphatic rings. The number of nitrogens with one attached hydrogen (secondary N) is 2. The van der Waals surface area contributed by atoms with Crippen molar-refractivity contribution in [2.24, 2.45) is 5.41 Å². The van der Waals surface area contributed by atoms with E-state index in [4.69, 9.17) is 18.3 Å². The van der Waals surface area contributed by atoms with E-state index in [0.717, 1.165) is 0 Å². The number of benzene rings is 1. The predicted octanol–water partition coefficient (Wildman–Crippen LogP) is 6.70. The Balaban J connectivity index is 2.27. The van der Waals surface area contributed by atoms with Crippen LogP contribution in [0, 0.1) is 28.1 Å². The number of anilines is 2. The molecule has 0 atom stereocenters. The summed E-state index contributed by atoms with van der Waals surface area (Å²) >= 11 is 0. The van der Waals surface area contributed by atoms with Crippen LogP contribution in [0.4, 0.5) is 16.2 Å². The van der Waals surface area contributed by atoms with Gasteiger partial charge < -0.3 is 10.1 Å². The minimum Gasteiger partial charge on any atom is -0.421 e. The molecule has 0 aliphatic carbocycles. The highest BCUT2D eigenvalue weighted by Gasteiger charge is 2.37. The SMILES string of the molecule is CC(C)(C)CNc1c(C#N)cnc2c(C#N)cc(NC(=O)OCOP(=O)(OC(C)(C)C)OC(C)(C)C)cc12. The van der Waals surface area contributed by atoms with E-state index < -0.39 is 31.9 Å². The van der Waals surface area contributed by atoms with E-state index in [9.17, 15) is 19.9 Å². The Labute approximate surface area is 224 Å². The van der Waals surface area contributed by atoms with E-state index in [1.54, 1.807) is 47.6 Å². The third kappa shape index (κ3) is 9.59. The van der Waals surface area contributed by atoms with Gasteiger partial charge >= 0.3 is 13.9 Å². The highest BCUT2D eigenvalue weighted by atomic mass is 31.2. The molecule has 2 aromatic rings. The summed E-state index contributed by atoms with van der Waals surface area (Å²) in [7, 11) is -4.08. The van der Waals surface area contributed by atoms with Crippen molar-refractivity contribution in [2.75, 3.05) is 24.0 Å². The molecule has 0 bridgehead atoms. The monoisotopic (exact) mass is 545 g/mol. The molecular formula is C26H36N5O6P. The van der Waals surface area contributed by atoms with Gasteiger partial charge in [0.2, 0.25) is 6.79 Å². The number of fused-ring (bicyclic) bond motifs is 1. The number of pyridine rings is 1. The quantitative estimate of drug-likeness (QED) is 0.270. The number of ether oxygens (including phenoxy) is 1. The third-order valence-electron chi connectivity index (χ3n) is 4.43. The summed E-state index contributed by atoms with van der Waals surface area (Å²) in [5, 5.41) is 25.6. The molecule has 2 rings (SSSR count). The minimum absolute atomic E-state index is 0.0904. The molecule has 0 saturated carbocycles. The van der Waals surface area contributed by atoms with Gasteiger partial charge in [0.05, 0.1) is 33.5 Å². The first-order valence-corrected chi connectivity index (χ1v) is 13.4. The second-order valence-corrected chi connectivity index (χ2v) is 13.3. The lowest BCUT2D eigenvalue weighted by atomic mass is 9.96. The molecule has 0 radical (unpaired) electrons.